The number of rotatable bonds is 8. The number of halogens is 2. The van der Waals surface area contributed by atoms with Crippen LogP contribution in [-0.2, 0) is 10.0 Å². The monoisotopic (exact) mass is 387 g/mol. The quantitative estimate of drug-likeness (QED) is 0.672. The smallest absolute Gasteiger partial charge is 0.240 e. The molecule has 0 spiro atoms. The fraction of sp³-hybridized carbons (Fsp3) is 0.455. The molecule has 0 aliphatic carbocycles. The standard InChI is InChI=1S/C11H15BrClNO3S2/c12-10-8-9(2-3-11(10)13)19(16,17)14-4-7-18-6-1-5-15/h2-3,8,14-15H,1,4-7H2. The summed E-state index contributed by atoms with van der Waals surface area (Å²) in [6.45, 7) is 0.524. The van der Waals surface area contributed by atoms with Crippen molar-refractivity contribution >= 4 is 49.3 Å². The van der Waals surface area contributed by atoms with E-state index in [-0.39, 0.29) is 11.5 Å². The van der Waals surface area contributed by atoms with E-state index in [0.29, 0.717) is 21.8 Å². The van der Waals surface area contributed by atoms with Crippen molar-refractivity contribution < 1.29 is 13.5 Å². The predicted octanol–water partition coefficient (Wildman–Crippen LogP) is 2.50. The van der Waals surface area contributed by atoms with E-state index in [1.807, 2.05) is 0 Å². The van der Waals surface area contributed by atoms with Crippen LogP contribution >= 0.6 is 39.3 Å². The molecule has 0 aliphatic heterocycles. The van der Waals surface area contributed by atoms with E-state index in [1.165, 1.54) is 18.2 Å². The van der Waals surface area contributed by atoms with Crippen LogP contribution in [-0.4, -0.2) is 38.2 Å². The highest BCUT2D eigenvalue weighted by molar-refractivity contribution is 9.10. The Bertz CT molecular complexity index is 511. The molecule has 0 aromatic heterocycles. The number of thioether (sulfide) groups is 1. The zero-order valence-electron chi connectivity index (χ0n) is 10.1. The molecule has 8 heteroatoms. The summed E-state index contributed by atoms with van der Waals surface area (Å²) in [7, 11) is -3.49. The average molecular weight is 389 g/mol. The highest BCUT2D eigenvalue weighted by atomic mass is 79.9. The van der Waals surface area contributed by atoms with Crippen LogP contribution in [0.1, 0.15) is 6.42 Å². The third-order valence-corrected chi connectivity index (χ3v) is 5.93. The van der Waals surface area contributed by atoms with E-state index < -0.39 is 10.0 Å². The lowest BCUT2D eigenvalue weighted by Crippen LogP contribution is -2.26. The van der Waals surface area contributed by atoms with Crippen LogP contribution in [0.5, 0.6) is 0 Å². The summed E-state index contributed by atoms with van der Waals surface area (Å²) in [5.74, 6) is 1.50. The maximum Gasteiger partial charge on any atom is 0.240 e. The van der Waals surface area contributed by atoms with Crippen molar-refractivity contribution in [3.63, 3.8) is 0 Å². The third kappa shape index (κ3) is 6.01. The van der Waals surface area contributed by atoms with Gasteiger partial charge < -0.3 is 5.11 Å². The SMILES string of the molecule is O=S(=O)(NCCSCCCO)c1ccc(Cl)c(Br)c1. The molecular formula is C11H15BrClNO3S2. The van der Waals surface area contributed by atoms with Gasteiger partial charge in [-0.3, -0.25) is 0 Å². The topological polar surface area (TPSA) is 66.4 Å². The van der Waals surface area contributed by atoms with E-state index >= 15 is 0 Å². The summed E-state index contributed by atoms with van der Waals surface area (Å²) >= 11 is 10.6. The molecule has 0 unspecified atom stereocenters. The molecule has 4 nitrogen and oxygen atoms in total. The van der Waals surface area contributed by atoms with Crippen molar-refractivity contribution in [3.05, 3.63) is 27.7 Å². The Labute approximate surface area is 131 Å². The Morgan fingerprint density at radius 1 is 1.37 bits per heavy atom. The summed E-state index contributed by atoms with van der Waals surface area (Å²) < 4.78 is 27.0. The minimum Gasteiger partial charge on any atom is -0.396 e. The second-order valence-electron chi connectivity index (χ2n) is 3.66. The van der Waals surface area contributed by atoms with Crippen molar-refractivity contribution in [2.75, 3.05) is 24.7 Å². The molecule has 0 aliphatic rings. The highest BCUT2D eigenvalue weighted by Gasteiger charge is 2.14. The number of hydrogen-bond donors (Lipinski definition) is 2. The van der Waals surface area contributed by atoms with Crippen LogP contribution in [0.4, 0.5) is 0 Å². The van der Waals surface area contributed by atoms with E-state index in [9.17, 15) is 8.42 Å². The molecule has 2 N–H and O–H groups in total. The fourth-order valence-electron chi connectivity index (χ4n) is 1.24. The predicted molar refractivity (Wildman–Crippen MR) is 83.4 cm³/mol. The van der Waals surface area contributed by atoms with Gasteiger partial charge in [-0.05, 0) is 46.3 Å². The van der Waals surface area contributed by atoms with Crippen LogP contribution < -0.4 is 4.72 Å². The summed E-state index contributed by atoms with van der Waals surface area (Å²) in [6, 6.07) is 4.48. The molecule has 0 atom stereocenters. The molecule has 1 aromatic carbocycles. The van der Waals surface area contributed by atoms with Crippen LogP contribution in [0, 0.1) is 0 Å². The zero-order valence-corrected chi connectivity index (χ0v) is 14.1. The van der Waals surface area contributed by atoms with E-state index in [2.05, 4.69) is 20.7 Å². The summed E-state index contributed by atoms with van der Waals surface area (Å²) in [4.78, 5) is 0.184. The minimum absolute atomic E-state index is 0.164. The first-order valence-electron chi connectivity index (χ1n) is 5.60. The number of hydrogen-bond acceptors (Lipinski definition) is 4. The van der Waals surface area contributed by atoms with E-state index in [0.717, 1.165) is 12.2 Å². The Morgan fingerprint density at radius 2 is 2.11 bits per heavy atom. The Hall–Kier alpha value is 0.210. The molecule has 19 heavy (non-hydrogen) atoms. The van der Waals surface area contributed by atoms with E-state index in [4.69, 9.17) is 16.7 Å². The van der Waals surface area contributed by atoms with Crippen molar-refractivity contribution in [1.82, 2.24) is 4.72 Å². The van der Waals surface area contributed by atoms with Gasteiger partial charge in [0.2, 0.25) is 10.0 Å². The number of sulfonamides is 1. The number of benzene rings is 1. The van der Waals surface area contributed by atoms with Gasteiger partial charge >= 0.3 is 0 Å². The largest absolute Gasteiger partial charge is 0.396 e. The maximum atomic E-state index is 12.0. The van der Waals surface area contributed by atoms with Gasteiger partial charge in [0.15, 0.2) is 0 Å². The van der Waals surface area contributed by atoms with Gasteiger partial charge in [0, 0.05) is 23.4 Å². The molecule has 0 saturated carbocycles. The summed E-state index contributed by atoms with van der Waals surface area (Å²) in [5.41, 5.74) is 0. The maximum absolute atomic E-state index is 12.0. The second kappa shape index (κ2) is 8.49. The molecular weight excluding hydrogens is 374 g/mol. The van der Waals surface area contributed by atoms with Crippen LogP contribution in [0.25, 0.3) is 0 Å². The van der Waals surface area contributed by atoms with Gasteiger partial charge in [0.1, 0.15) is 0 Å². The first-order chi connectivity index (χ1) is 8.97. The first-order valence-corrected chi connectivity index (χ1v) is 9.41. The van der Waals surface area contributed by atoms with Crippen LogP contribution in [0.15, 0.2) is 27.6 Å². The first kappa shape index (κ1) is 17.3. The molecule has 1 aromatic rings. The van der Waals surface area contributed by atoms with Crippen LogP contribution in [0.3, 0.4) is 0 Å². The van der Waals surface area contributed by atoms with Gasteiger partial charge in [0.25, 0.3) is 0 Å². The lowest BCUT2D eigenvalue weighted by atomic mass is 10.4. The number of nitrogens with one attached hydrogen (secondary N) is 1. The lowest BCUT2D eigenvalue weighted by molar-refractivity contribution is 0.296. The molecule has 0 saturated heterocycles. The Morgan fingerprint density at radius 3 is 2.74 bits per heavy atom. The average Bonchev–Trinajstić information content (AvgIpc) is 2.36. The second-order valence-corrected chi connectivity index (χ2v) is 7.92. The fourth-order valence-corrected chi connectivity index (χ4v) is 3.86. The van der Waals surface area contributed by atoms with Gasteiger partial charge in [-0.15, -0.1) is 0 Å². The van der Waals surface area contributed by atoms with Gasteiger partial charge in [0.05, 0.1) is 9.92 Å². The number of aliphatic hydroxyl groups excluding tert-OH is 1. The normalized spacial score (nSPS) is 11.7. The van der Waals surface area contributed by atoms with Gasteiger partial charge in [-0.2, -0.15) is 11.8 Å². The van der Waals surface area contributed by atoms with E-state index in [1.54, 1.807) is 11.8 Å². The number of aliphatic hydroxyl groups is 1. The Balaban J connectivity index is 2.49. The highest BCUT2D eigenvalue weighted by Crippen LogP contribution is 2.25. The lowest BCUT2D eigenvalue weighted by Gasteiger charge is -2.07. The van der Waals surface area contributed by atoms with Crippen LogP contribution in [0.2, 0.25) is 5.02 Å². The molecule has 1 rings (SSSR count). The van der Waals surface area contributed by atoms with Crippen molar-refractivity contribution in [3.8, 4) is 0 Å². The molecule has 0 radical (unpaired) electrons. The molecule has 0 fully saturated rings. The third-order valence-electron chi connectivity index (χ3n) is 2.19. The Kier molecular flexibility index (Phi) is 7.71. The zero-order chi connectivity index (χ0) is 14.3. The molecule has 108 valence electrons. The van der Waals surface area contributed by atoms with Gasteiger partial charge in [-0.1, -0.05) is 11.6 Å². The summed E-state index contributed by atoms with van der Waals surface area (Å²) in [6.07, 6.45) is 0.724. The molecule has 0 heterocycles. The van der Waals surface area contributed by atoms with Crippen molar-refractivity contribution in [2.24, 2.45) is 0 Å². The molecule has 0 amide bonds. The van der Waals surface area contributed by atoms with Gasteiger partial charge in [-0.25, -0.2) is 13.1 Å². The van der Waals surface area contributed by atoms with Crippen molar-refractivity contribution in [2.45, 2.75) is 11.3 Å². The minimum atomic E-state index is -3.49. The molecule has 0 bridgehead atoms. The summed E-state index contributed by atoms with van der Waals surface area (Å²) in [5, 5.41) is 9.08. The van der Waals surface area contributed by atoms with Crippen molar-refractivity contribution in [1.29, 1.82) is 0 Å².